The Kier molecular flexibility index (Phi) is 3.32. The smallest absolute Gasteiger partial charge is 0.128 e. The van der Waals surface area contributed by atoms with Gasteiger partial charge in [-0.25, -0.2) is 4.98 Å². The topological polar surface area (TPSA) is 42.1 Å². The molecule has 1 atom stereocenters. The van der Waals surface area contributed by atoms with Crippen LogP contribution in [0.15, 0.2) is 18.3 Å². The second-order valence-corrected chi connectivity index (χ2v) is 5.18. The predicted molar refractivity (Wildman–Crippen MR) is 68.4 cm³/mol. The molecule has 0 unspecified atom stereocenters. The van der Waals surface area contributed by atoms with Gasteiger partial charge in [0.05, 0.1) is 11.9 Å². The number of hydrogen-bond donors (Lipinski definition) is 1. The second-order valence-electron chi connectivity index (χ2n) is 5.18. The molecule has 1 saturated heterocycles. The van der Waals surface area contributed by atoms with Gasteiger partial charge in [0.15, 0.2) is 0 Å². The summed E-state index contributed by atoms with van der Waals surface area (Å²) in [7, 11) is 0. The van der Waals surface area contributed by atoms with Gasteiger partial charge in [-0.05, 0) is 36.8 Å². The van der Waals surface area contributed by atoms with Gasteiger partial charge in [0.25, 0.3) is 0 Å². The monoisotopic (exact) mass is 219 g/mol. The first-order chi connectivity index (χ1) is 7.65. The molecule has 1 aliphatic rings. The van der Waals surface area contributed by atoms with Crippen molar-refractivity contribution in [2.45, 2.75) is 26.7 Å². The van der Waals surface area contributed by atoms with Crippen molar-refractivity contribution in [2.24, 2.45) is 11.8 Å². The van der Waals surface area contributed by atoms with Gasteiger partial charge in [0.1, 0.15) is 5.82 Å². The van der Waals surface area contributed by atoms with Crippen LogP contribution in [0.2, 0.25) is 0 Å². The zero-order valence-corrected chi connectivity index (χ0v) is 10.2. The van der Waals surface area contributed by atoms with E-state index in [-0.39, 0.29) is 0 Å². The number of nitrogen functional groups attached to an aromatic ring is 1. The molecule has 2 heterocycles. The zero-order valence-electron chi connectivity index (χ0n) is 10.2. The maximum Gasteiger partial charge on any atom is 0.128 e. The van der Waals surface area contributed by atoms with E-state index >= 15 is 0 Å². The minimum atomic E-state index is 0.738. The van der Waals surface area contributed by atoms with E-state index < -0.39 is 0 Å². The number of nitrogens with two attached hydrogens (primary N) is 1. The highest BCUT2D eigenvalue weighted by atomic mass is 15.2. The van der Waals surface area contributed by atoms with Crippen molar-refractivity contribution in [3.8, 4) is 0 Å². The summed E-state index contributed by atoms with van der Waals surface area (Å²) in [5.74, 6) is 2.70. The first-order valence-corrected chi connectivity index (χ1v) is 6.11. The third kappa shape index (κ3) is 2.65. The third-order valence-corrected chi connectivity index (χ3v) is 3.19. The number of pyridine rings is 1. The van der Waals surface area contributed by atoms with Crippen molar-refractivity contribution in [1.29, 1.82) is 0 Å². The van der Waals surface area contributed by atoms with E-state index in [0.29, 0.717) is 0 Å². The molecule has 1 aliphatic heterocycles. The molecule has 3 nitrogen and oxygen atoms in total. The molecular formula is C13H21N3. The van der Waals surface area contributed by atoms with E-state index in [9.17, 15) is 0 Å². The second kappa shape index (κ2) is 4.73. The van der Waals surface area contributed by atoms with Crippen LogP contribution in [0.25, 0.3) is 0 Å². The SMILES string of the molecule is CC(C)C[C@H]1CCN(c2ccc(N)cn2)C1. The molecule has 0 aromatic carbocycles. The Balaban J connectivity index is 1.95. The number of rotatable bonds is 3. The molecule has 0 radical (unpaired) electrons. The summed E-state index contributed by atoms with van der Waals surface area (Å²) in [6, 6.07) is 3.95. The largest absolute Gasteiger partial charge is 0.397 e. The van der Waals surface area contributed by atoms with E-state index in [0.717, 1.165) is 36.4 Å². The minimum absolute atomic E-state index is 0.738. The summed E-state index contributed by atoms with van der Waals surface area (Å²) in [6.45, 7) is 6.87. The molecule has 1 fully saturated rings. The molecule has 2 N–H and O–H groups in total. The van der Waals surface area contributed by atoms with Gasteiger partial charge >= 0.3 is 0 Å². The fourth-order valence-electron chi connectivity index (χ4n) is 2.48. The van der Waals surface area contributed by atoms with Crippen LogP contribution in [0.4, 0.5) is 11.5 Å². The summed E-state index contributed by atoms with van der Waals surface area (Å²) in [5.41, 5.74) is 6.38. The molecule has 0 amide bonds. The average Bonchev–Trinajstić information content (AvgIpc) is 2.66. The van der Waals surface area contributed by atoms with E-state index in [2.05, 4.69) is 23.7 Å². The van der Waals surface area contributed by atoms with Crippen LogP contribution < -0.4 is 10.6 Å². The maximum absolute atomic E-state index is 5.64. The summed E-state index contributed by atoms with van der Waals surface area (Å²) in [6.07, 6.45) is 4.36. The van der Waals surface area contributed by atoms with Crippen LogP contribution in [0.5, 0.6) is 0 Å². The van der Waals surface area contributed by atoms with Gasteiger partial charge in [0, 0.05) is 13.1 Å². The number of aromatic nitrogens is 1. The number of nitrogens with zero attached hydrogens (tertiary/aromatic N) is 2. The Morgan fingerprint density at radius 2 is 2.31 bits per heavy atom. The van der Waals surface area contributed by atoms with Gasteiger partial charge in [-0.1, -0.05) is 13.8 Å². The highest BCUT2D eigenvalue weighted by molar-refractivity contribution is 5.46. The molecule has 3 heteroatoms. The lowest BCUT2D eigenvalue weighted by molar-refractivity contribution is 0.441. The number of hydrogen-bond acceptors (Lipinski definition) is 3. The molecule has 2 rings (SSSR count). The first-order valence-electron chi connectivity index (χ1n) is 6.11. The van der Waals surface area contributed by atoms with Crippen LogP contribution in [0.3, 0.4) is 0 Å². The van der Waals surface area contributed by atoms with Crippen molar-refractivity contribution in [3.63, 3.8) is 0 Å². The molecule has 0 bridgehead atoms. The van der Waals surface area contributed by atoms with E-state index in [1.54, 1.807) is 6.20 Å². The molecule has 0 aliphatic carbocycles. The highest BCUT2D eigenvalue weighted by Crippen LogP contribution is 2.26. The van der Waals surface area contributed by atoms with Gasteiger partial charge in [0.2, 0.25) is 0 Å². The highest BCUT2D eigenvalue weighted by Gasteiger charge is 2.23. The molecule has 1 aromatic rings. The van der Waals surface area contributed by atoms with Gasteiger partial charge in [-0.2, -0.15) is 0 Å². The van der Waals surface area contributed by atoms with Crippen LogP contribution in [0, 0.1) is 11.8 Å². The Labute approximate surface area is 97.7 Å². The van der Waals surface area contributed by atoms with Gasteiger partial charge in [-0.15, -0.1) is 0 Å². The maximum atomic E-state index is 5.64. The Bertz CT molecular complexity index is 332. The van der Waals surface area contributed by atoms with Crippen molar-refractivity contribution < 1.29 is 0 Å². The van der Waals surface area contributed by atoms with Crippen LogP contribution >= 0.6 is 0 Å². The van der Waals surface area contributed by atoms with E-state index in [4.69, 9.17) is 5.73 Å². The normalized spacial score (nSPS) is 20.7. The summed E-state index contributed by atoms with van der Waals surface area (Å²) < 4.78 is 0. The molecule has 16 heavy (non-hydrogen) atoms. The summed E-state index contributed by atoms with van der Waals surface area (Å²) in [4.78, 5) is 6.74. The molecule has 1 aromatic heterocycles. The zero-order chi connectivity index (χ0) is 11.5. The van der Waals surface area contributed by atoms with Gasteiger partial charge in [-0.3, -0.25) is 0 Å². The molecule has 0 spiro atoms. The van der Waals surface area contributed by atoms with E-state index in [1.165, 1.54) is 12.8 Å². The first kappa shape index (κ1) is 11.2. The van der Waals surface area contributed by atoms with Crippen LogP contribution in [0.1, 0.15) is 26.7 Å². The van der Waals surface area contributed by atoms with Crippen molar-refractivity contribution in [2.75, 3.05) is 23.7 Å². The number of anilines is 2. The molecule has 88 valence electrons. The Morgan fingerprint density at radius 1 is 1.50 bits per heavy atom. The Hall–Kier alpha value is -1.25. The molecular weight excluding hydrogens is 198 g/mol. The van der Waals surface area contributed by atoms with Crippen LogP contribution in [-0.2, 0) is 0 Å². The lowest BCUT2D eigenvalue weighted by atomic mass is 9.97. The summed E-state index contributed by atoms with van der Waals surface area (Å²) in [5, 5.41) is 0. The summed E-state index contributed by atoms with van der Waals surface area (Å²) >= 11 is 0. The lowest BCUT2D eigenvalue weighted by Gasteiger charge is -2.18. The minimum Gasteiger partial charge on any atom is -0.397 e. The molecule has 0 saturated carbocycles. The fourth-order valence-corrected chi connectivity index (χ4v) is 2.48. The third-order valence-electron chi connectivity index (χ3n) is 3.19. The van der Waals surface area contributed by atoms with Gasteiger partial charge < -0.3 is 10.6 Å². The lowest BCUT2D eigenvalue weighted by Crippen LogP contribution is -2.21. The Morgan fingerprint density at radius 3 is 2.94 bits per heavy atom. The predicted octanol–water partition coefficient (Wildman–Crippen LogP) is 2.54. The fraction of sp³-hybridized carbons (Fsp3) is 0.615. The van der Waals surface area contributed by atoms with Crippen molar-refractivity contribution in [3.05, 3.63) is 18.3 Å². The van der Waals surface area contributed by atoms with Crippen molar-refractivity contribution >= 4 is 11.5 Å². The average molecular weight is 219 g/mol. The van der Waals surface area contributed by atoms with E-state index in [1.807, 2.05) is 12.1 Å². The van der Waals surface area contributed by atoms with Crippen molar-refractivity contribution in [1.82, 2.24) is 4.98 Å². The van der Waals surface area contributed by atoms with Crippen LogP contribution in [-0.4, -0.2) is 18.1 Å². The quantitative estimate of drug-likeness (QED) is 0.849. The standard InChI is InChI=1S/C13H21N3/c1-10(2)7-11-5-6-16(9-11)13-4-3-12(14)8-15-13/h3-4,8,10-11H,5-7,9,14H2,1-2H3/t11-/m1/s1.